The number of benzene rings is 2. The third-order valence-electron chi connectivity index (χ3n) is 7.53. The van der Waals surface area contributed by atoms with Gasteiger partial charge in [-0.25, -0.2) is 4.79 Å². The van der Waals surface area contributed by atoms with Gasteiger partial charge in [-0.15, -0.1) is 12.4 Å². The minimum absolute atomic E-state index is 0. The lowest BCUT2D eigenvalue weighted by Gasteiger charge is -2.39. The van der Waals surface area contributed by atoms with Gasteiger partial charge in [-0.1, -0.05) is 43.3 Å². The molecule has 2 amide bonds. The van der Waals surface area contributed by atoms with E-state index in [1.165, 1.54) is 17.7 Å². The Labute approximate surface area is 218 Å². The third-order valence-corrected chi connectivity index (χ3v) is 7.53. The molecule has 2 aliphatic heterocycles. The predicted octanol–water partition coefficient (Wildman–Crippen LogP) is 6.66. The van der Waals surface area contributed by atoms with E-state index in [9.17, 15) is 18.0 Å². The molecule has 0 bridgehead atoms. The van der Waals surface area contributed by atoms with E-state index < -0.39 is 11.7 Å². The standard InChI is InChI=1S/C28H36F3N3O.ClH/c1-3-32(21(2)18-23-8-6-11-25(19-23)28(29,30)31)20-22-13-16-33(17-14-22)27(35)34-15-7-10-24-9-4-5-12-26(24)34;/h4-6,8-9,11-12,19,21-22H,3,7,10,13-18,20H2,1-2H3;1H. The predicted molar refractivity (Wildman–Crippen MR) is 141 cm³/mol. The van der Waals surface area contributed by atoms with Crippen LogP contribution in [0, 0.1) is 5.92 Å². The number of likely N-dealkylation sites (tertiary alicyclic amines) is 1. The van der Waals surface area contributed by atoms with Gasteiger partial charge in [-0.05, 0) is 74.8 Å². The Balaban J connectivity index is 0.00000361. The van der Waals surface area contributed by atoms with Gasteiger partial charge < -0.3 is 9.80 Å². The molecule has 1 unspecified atom stereocenters. The number of urea groups is 1. The fourth-order valence-electron chi connectivity index (χ4n) is 5.51. The quantitative estimate of drug-likeness (QED) is 0.423. The van der Waals surface area contributed by atoms with Crippen LogP contribution < -0.4 is 4.90 Å². The highest BCUT2D eigenvalue weighted by molar-refractivity contribution is 5.93. The van der Waals surface area contributed by atoms with E-state index in [2.05, 4.69) is 24.8 Å². The Kier molecular flexibility index (Phi) is 9.70. The number of rotatable bonds is 6. The van der Waals surface area contributed by atoms with Crippen molar-refractivity contribution in [3.8, 4) is 0 Å². The summed E-state index contributed by atoms with van der Waals surface area (Å²) in [4.78, 5) is 19.6. The molecule has 2 heterocycles. The van der Waals surface area contributed by atoms with E-state index in [1.54, 1.807) is 6.07 Å². The molecular weight excluding hydrogens is 487 g/mol. The molecule has 2 aromatic carbocycles. The highest BCUT2D eigenvalue weighted by Crippen LogP contribution is 2.31. The Morgan fingerprint density at radius 3 is 2.50 bits per heavy atom. The van der Waals surface area contributed by atoms with Gasteiger partial charge in [0.2, 0.25) is 0 Å². The van der Waals surface area contributed by atoms with E-state index in [0.717, 1.165) is 70.2 Å². The zero-order valence-corrected chi connectivity index (χ0v) is 22.0. The van der Waals surface area contributed by atoms with Crippen molar-refractivity contribution in [2.75, 3.05) is 37.6 Å². The molecule has 8 heteroatoms. The number of carbonyl (C=O) groups excluding carboxylic acids is 1. The number of anilines is 1. The first-order valence-corrected chi connectivity index (χ1v) is 12.8. The molecule has 1 atom stereocenters. The highest BCUT2D eigenvalue weighted by Gasteiger charge is 2.32. The number of hydrogen-bond donors (Lipinski definition) is 0. The number of nitrogens with zero attached hydrogens (tertiary/aromatic N) is 3. The number of fused-ring (bicyclic) bond motifs is 1. The summed E-state index contributed by atoms with van der Waals surface area (Å²) in [6.07, 6.45) is 0.193. The molecule has 1 saturated heterocycles. The second-order valence-electron chi connectivity index (χ2n) is 9.94. The molecule has 4 nitrogen and oxygen atoms in total. The second kappa shape index (κ2) is 12.3. The molecule has 0 spiro atoms. The van der Waals surface area contributed by atoms with Crippen LogP contribution in [-0.4, -0.2) is 54.6 Å². The van der Waals surface area contributed by atoms with Crippen LogP contribution in [-0.2, 0) is 19.0 Å². The first kappa shape index (κ1) is 28.3. The minimum atomic E-state index is -4.31. The lowest BCUT2D eigenvalue weighted by Crippen LogP contribution is -2.49. The fourth-order valence-corrected chi connectivity index (χ4v) is 5.51. The van der Waals surface area contributed by atoms with E-state index in [1.807, 2.05) is 28.0 Å². The van der Waals surface area contributed by atoms with Gasteiger partial charge in [-0.2, -0.15) is 13.2 Å². The van der Waals surface area contributed by atoms with Gasteiger partial charge in [-0.3, -0.25) is 4.90 Å². The average Bonchev–Trinajstić information content (AvgIpc) is 2.86. The number of likely N-dealkylation sites (N-methyl/N-ethyl adjacent to an activating group) is 1. The molecule has 0 aromatic heterocycles. The lowest BCUT2D eigenvalue weighted by molar-refractivity contribution is -0.137. The van der Waals surface area contributed by atoms with Crippen molar-refractivity contribution in [3.05, 3.63) is 65.2 Å². The van der Waals surface area contributed by atoms with Crippen molar-refractivity contribution >= 4 is 24.1 Å². The highest BCUT2D eigenvalue weighted by atomic mass is 35.5. The number of halogens is 4. The maximum Gasteiger partial charge on any atom is 0.416 e. The largest absolute Gasteiger partial charge is 0.416 e. The van der Waals surface area contributed by atoms with Gasteiger partial charge in [0.05, 0.1) is 5.56 Å². The van der Waals surface area contributed by atoms with Crippen molar-refractivity contribution < 1.29 is 18.0 Å². The average molecular weight is 524 g/mol. The molecule has 0 N–H and O–H groups in total. The Morgan fingerprint density at radius 2 is 1.81 bits per heavy atom. The fraction of sp³-hybridized carbons (Fsp3) is 0.536. The van der Waals surface area contributed by atoms with Crippen molar-refractivity contribution in [1.82, 2.24) is 9.80 Å². The number of carbonyl (C=O) groups is 1. The minimum Gasteiger partial charge on any atom is -0.324 e. The smallest absolute Gasteiger partial charge is 0.324 e. The zero-order chi connectivity index (χ0) is 25.0. The first-order valence-electron chi connectivity index (χ1n) is 12.8. The topological polar surface area (TPSA) is 26.8 Å². The normalized spacial score (nSPS) is 17.5. The molecule has 0 radical (unpaired) electrons. The molecule has 1 fully saturated rings. The molecule has 0 saturated carbocycles. The SMILES string of the molecule is CCN(CC1CCN(C(=O)N2CCCc3ccccc32)CC1)C(C)Cc1cccc(C(F)(F)F)c1.Cl. The van der Waals surface area contributed by atoms with Crippen LogP contribution in [0.3, 0.4) is 0 Å². The maximum absolute atomic E-state index is 13.3. The lowest BCUT2D eigenvalue weighted by atomic mass is 9.94. The number of amides is 2. The van der Waals surface area contributed by atoms with Crippen molar-refractivity contribution in [2.45, 2.75) is 58.2 Å². The van der Waals surface area contributed by atoms with Crippen molar-refractivity contribution in [3.63, 3.8) is 0 Å². The Morgan fingerprint density at radius 1 is 1.08 bits per heavy atom. The van der Waals surface area contributed by atoms with Crippen molar-refractivity contribution in [1.29, 1.82) is 0 Å². The van der Waals surface area contributed by atoms with E-state index >= 15 is 0 Å². The summed E-state index contributed by atoms with van der Waals surface area (Å²) < 4.78 is 39.2. The number of aryl methyl sites for hydroxylation is 1. The summed E-state index contributed by atoms with van der Waals surface area (Å²) in [5.41, 5.74) is 2.42. The summed E-state index contributed by atoms with van der Waals surface area (Å²) in [6, 6.07) is 14.1. The van der Waals surface area contributed by atoms with Crippen LogP contribution in [0.1, 0.15) is 49.8 Å². The maximum atomic E-state index is 13.3. The van der Waals surface area contributed by atoms with Crippen LogP contribution >= 0.6 is 12.4 Å². The molecule has 198 valence electrons. The van der Waals surface area contributed by atoms with Crippen LogP contribution in [0.25, 0.3) is 0 Å². The van der Waals surface area contributed by atoms with Gasteiger partial charge in [0, 0.05) is 37.9 Å². The van der Waals surface area contributed by atoms with E-state index in [4.69, 9.17) is 0 Å². The molecule has 36 heavy (non-hydrogen) atoms. The van der Waals surface area contributed by atoms with Gasteiger partial charge in [0.25, 0.3) is 0 Å². The first-order chi connectivity index (χ1) is 16.8. The Bertz CT molecular complexity index is 1010. The van der Waals surface area contributed by atoms with Gasteiger partial charge in [0.1, 0.15) is 0 Å². The summed E-state index contributed by atoms with van der Waals surface area (Å²) in [5, 5.41) is 0. The van der Waals surface area contributed by atoms with Crippen LogP contribution in [0.2, 0.25) is 0 Å². The number of alkyl halides is 3. The number of para-hydroxylation sites is 1. The van der Waals surface area contributed by atoms with E-state index in [-0.39, 0.29) is 24.5 Å². The van der Waals surface area contributed by atoms with Gasteiger partial charge >= 0.3 is 12.2 Å². The zero-order valence-electron chi connectivity index (χ0n) is 21.1. The molecule has 4 rings (SSSR count). The van der Waals surface area contributed by atoms with E-state index in [0.29, 0.717) is 17.9 Å². The Hall–Kier alpha value is -2.25. The molecule has 2 aromatic rings. The second-order valence-corrected chi connectivity index (χ2v) is 9.94. The molecular formula is C28H37ClF3N3O. The molecule has 2 aliphatic rings. The molecule has 0 aliphatic carbocycles. The number of piperidine rings is 1. The summed E-state index contributed by atoms with van der Waals surface area (Å²) in [6.45, 7) is 8.23. The summed E-state index contributed by atoms with van der Waals surface area (Å²) >= 11 is 0. The van der Waals surface area contributed by atoms with Gasteiger partial charge in [0.15, 0.2) is 0 Å². The van der Waals surface area contributed by atoms with Crippen molar-refractivity contribution in [2.24, 2.45) is 5.92 Å². The van der Waals surface area contributed by atoms with Crippen LogP contribution in [0.4, 0.5) is 23.7 Å². The summed E-state index contributed by atoms with van der Waals surface area (Å²) in [5.74, 6) is 0.483. The van der Waals surface area contributed by atoms with Crippen LogP contribution in [0.15, 0.2) is 48.5 Å². The monoisotopic (exact) mass is 523 g/mol. The third kappa shape index (κ3) is 6.74. The summed E-state index contributed by atoms with van der Waals surface area (Å²) in [7, 11) is 0. The van der Waals surface area contributed by atoms with Crippen LogP contribution in [0.5, 0.6) is 0 Å². The number of hydrogen-bond acceptors (Lipinski definition) is 2.